The molecule has 94 valence electrons. The Balaban J connectivity index is 2.89. The van der Waals surface area contributed by atoms with Crippen molar-refractivity contribution in [2.24, 2.45) is 11.7 Å². The third-order valence-corrected chi connectivity index (χ3v) is 3.42. The number of carbonyl (C=O) groups is 1. The summed E-state index contributed by atoms with van der Waals surface area (Å²) in [5.74, 6) is 0.140. The van der Waals surface area contributed by atoms with E-state index in [2.05, 4.69) is 35.1 Å². The van der Waals surface area contributed by atoms with Crippen molar-refractivity contribution < 1.29 is 4.79 Å². The summed E-state index contributed by atoms with van der Waals surface area (Å²) >= 11 is 3.44. The minimum atomic E-state index is -0.413. The number of carbonyl (C=O) groups excluding carboxylic acids is 1. The number of aryl methyl sites for hydroxylation is 1. The van der Waals surface area contributed by atoms with Gasteiger partial charge in [-0.05, 0) is 36.6 Å². The number of amides is 1. The van der Waals surface area contributed by atoms with Gasteiger partial charge in [0.05, 0.1) is 0 Å². The van der Waals surface area contributed by atoms with Crippen LogP contribution >= 0.6 is 15.9 Å². The summed E-state index contributed by atoms with van der Waals surface area (Å²) in [5, 5.41) is 3.19. The normalized spacial score (nSPS) is 12.8. The standard InChI is InChI=1S/C13H19BrN2O/c1-8(2)7-16-12(13(15)17)10-4-5-11(14)9(3)6-10/h4-6,8,12,16H,7H2,1-3H3,(H2,15,17). The predicted molar refractivity (Wildman–Crippen MR) is 73.7 cm³/mol. The van der Waals surface area contributed by atoms with Crippen LogP contribution in [0.2, 0.25) is 0 Å². The van der Waals surface area contributed by atoms with Crippen LogP contribution in [-0.4, -0.2) is 12.5 Å². The Labute approximate surface area is 111 Å². The molecule has 0 saturated carbocycles. The first-order chi connectivity index (χ1) is 7.91. The zero-order chi connectivity index (χ0) is 13.0. The number of benzene rings is 1. The van der Waals surface area contributed by atoms with E-state index in [1.54, 1.807) is 0 Å². The highest BCUT2D eigenvalue weighted by Gasteiger charge is 2.17. The van der Waals surface area contributed by atoms with Crippen molar-refractivity contribution in [3.05, 3.63) is 33.8 Å². The van der Waals surface area contributed by atoms with Gasteiger partial charge in [0.1, 0.15) is 6.04 Å². The quantitative estimate of drug-likeness (QED) is 0.878. The molecule has 0 aliphatic carbocycles. The molecule has 3 N–H and O–H groups in total. The molecule has 1 aromatic rings. The highest BCUT2D eigenvalue weighted by atomic mass is 79.9. The van der Waals surface area contributed by atoms with Crippen LogP contribution in [0.25, 0.3) is 0 Å². The topological polar surface area (TPSA) is 55.1 Å². The summed E-state index contributed by atoms with van der Waals surface area (Å²) in [6.45, 7) is 6.95. The van der Waals surface area contributed by atoms with Gasteiger partial charge in [-0.1, -0.05) is 41.9 Å². The van der Waals surface area contributed by atoms with Gasteiger partial charge in [-0.2, -0.15) is 0 Å². The van der Waals surface area contributed by atoms with Gasteiger partial charge in [0, 0.05) is 4.47 Å². The molecule has 0 aliphatic rings. The number of halogens is 1. The highest BCUT2D eigenvalue weighted by molar-refractivity contribution is 9.10. The molecule has 1 unspecified atom stereocenters. The Morgan fingerprint density at radius 1 is 1.47 bits per heavy atom. The van der Waals surface area contributed by atoms with E-state index in [9.17, 15) is 4.79 Å². The van der Waals surface area contributed by atoms with Crippen molar-refractivity contribution in [1.82, 2.24) is 5.32 Å². The fraction of sp³-hybridized carbons (Fsp3) is 0.462. The first kappa shape index (κ1) is 14.2. The predicted octanol–water partition coefficient (Wildman–Crippen LogP) is 2.53. The van der Waals surface area contributed by atoms with Gasteiger partial charge in [0.2, 0.25) is 5.91 Å². The summed E-state index contributed by atoms with van der Waals surface area (Å²) in [5.41, 5.74) is 7.44. The molecule has 4 heteroatoms. The number of nitrogens with two attached hydrogens (primary N) is 1. The Morgan fingerprint density at radius 2 is 2.12 bits per heavy atom. The van der Waals surface area contributed by atoms with Crippen LogP contribution in [-0.2, 0) is 4.79 Å². The Morgan fingerprint density at radius 3 is 2.59 bits per heavy atom. The van der Waals surface area contributed by atoms with Crippen LogP contribution in [0.15, 0.2) is 22.7 Å². The average molecular weight is 299 g/mol. The van der Waals surface area contributed by atoms with Gasteiger partial charge in [-0.25, -0.2) is 0 Å². The van der Waals surface area contributed by atoms with E-state index in [-0.39, 0.29) is 5.91 Å². The molecule has 1 rings (SSSR count). The van der Waals surface area contributed by atoms with Crippen LogP contribution in [0.4, 0.5) is 0 Å². The monoisotopic (exact) mass is 298 g/mol. The van der Waals surface area contributed by atoms with Crippen molar-refractivity contribution in [3.8, 4) is 0 Å². The third kappa shape index (κ3) is 4.13. The Hall–Kier alpha value is -0.870. The lowest BCUT2D eigenvalue weighted by Crippen LogP contribution is -2.35. The Bertz CT molecular complexity index is 404. The van der Waals surface area contributed by atoms with Gasteiger partial charge in [0.15, 0.2) is 0 Å². The van der Waals surface area contributed by atoms with Crippen LogP contribution in [0.3, 0.4) is 0 Å². The summed E-state index contributed by atoms with van der Waals surface area (Å²) in [4.78, 5) is 11.5. The third-order valence-electron chi connectivity index (χ3n) is 2.53. The first-order valence-electron chi connectivity index (χ1n) is 5.70. The SMILES string of the molecule is Cc1cc(C(NCC(C)C)C(N)=O)ccc1Br. The fourth-order valence-electron chi connectivity index (χ4n) is 1.58. The number of hydrogen-bond donors (Lipinski definition) is 2. The molecule has 3 nitrogen and oxygen atoms in total. The van der Waals surface area contributed by atoms with E-state index in [4.69, 9.17) is 5.73 Å². The van der Waals surface area contributed by atoms with Gasteiger partial charge in [-0.3, -0.25) is 4.79 Å². The van der Waals surface area contributed by atoms with Crippen LogP contribution in [0, 0.1) is 12.8 Å². The number of hydrogen-bond acceptors (Lipinski definition) is 2. The van der Waals surface area contributed by atoms with Gasteiger partial charge < -0.3 is 11.1 Å². The molecule has 1 amide bonds. The number of nitrogens with one attached hydrogen (secondary N) is 1. The fourth-order valence-corrected chi connectivity index (χ4v) is 1.83. The molecule has 17 heavy (non-hydrogen) atoms. The number of rotatable bonds is 5. The van der Waals surface area contributed by atoms with E-state index in [1.807, 2.05) is 25.1 Å². The molecule has 1 atom stereocenters. The van der Waals surface area contributed by atoms with Gasteiger partial charge in [-0.15, -0.1) is 0 Å². The zero-order valence-electron chi connectivity index (χ0n) is 10.5. The summed E-state index contributed by atoms with van der Waals surface area (Å²) in [6.07, 6.45) is 0. The van der Waals surface area contributed by atoms with E-state index in [0.717, 1.165) is 22.1 Å². The minimum absolute atomic E-state index is 0.340. The molecule has 0 radical (unpaired) electrons. The lowest BCUT2D eigenvalue weighted by molar-refractivity contribution is -0.120. The lowest BCUT2D eigenvalue weighted by Gasteiger charge is -2.18. The second kappa shape index (κ2) is 6.17. The van der Waals surface area contributed by atoms with Crippen LogP contribution < -0.4 is 11.1 Å². The average Bonchev–Trinajstić information content (AvgIpc) is 2.22. The second-order valence-corrected chi connectivity index (χ2v) is 5.50. The van der Waals surface area contributed by atoms with E-state index in [0.29, 0.717) is 5.92 Å². The maximum absolute atomic E-state index is 11.5. The molecule has 1 aromatic carbocycles. The van der Waals surface area contributed by atoms with Crippen molar-refractivity contribution >= 4 is 21.8 Å². The molecule has 0 aliphatic heterocycles. The van der Waals surface area contributed by atoms with Crippen molar-refractivity contribution in [1.29, 1.82) is 0 Å². The smallest absolute Gasteiger partial charge is 0.239 e. The zero-order valence-corrected chi connectivity index (χ0v) is 12.0. The molecule has 0 aromatic heterocycles. The van der Waals surface area contributed by atoms with Gasteiger partial charge >= 0.3 is 0 Å². The van der Waals surface area contributed by atoms with E-state index >= 15 is 0 Å². The maximum Gasteiger partial charge on any atom is 0.239 e. The minimum Gasteiger partial charge on any atom is -0.368 e. The largest absolute Gasteiger partial charge is 0.368 e. The number of primary amides is 1. The Kier molecular flexibility index (Phi) is 5.15. The van der Waals surface area contributed by atoms with Crippen molar-refractivity contribution in [2.45, 2.75) is 26.8 Å². The molecule has 0 spiro atoms. The van der Waals surface area contributed by atoms with Crippen LogP contribution in [0.5, 0.6) is 0 Å². The molecule has 0 saturated heterocycles. The maximum atomic E-state index is 11.5. The molecular weight excluding hydrogens is 280 g/mol. The highest BCUT2D eigenvalue weighted by Crippen LogP contribution is 2.21. The van der Waals surface area contributed by atoms with E-state index < -0.39 is 6.04 Å². The molecular formula is C13H19BrN2O. The van der Waals surface area contributed by atoms with Crippen LogP contribution in [0.1, 0.15) is 31.0 Å². The molecule has 0 bridgehead atoms. The summed E-state index contributed by atoms with van der Waals surface area (Å²) in [6, 6.07) is 5.42. The van der Waals surface area contributed by atoms with Gasteiger partial charge in [0.25, 0.3) is 0 Å². The van der Waals surface area contributed by atoms with Crippen molar-refractivity contribution in [3.63, 3.8) is 0 Å². The lowest BCUT2D eigenvalue weighted by atomic mass is 10.0. The first-order valence-corrected chi connectivity index (χ1v) is 6.50. The second-order valence-electron chi connectivity index (χ2n) is 4.65. The molecule has 0 heterocycles. The molecule has 0 fully saturated rings. The van der Waals surface area contributed by atoms with E-state index in [1.165, 1.54) is 0 Å². The van der Waals surface area contributed by atoms with Crippen molar-refractivity contribution in [2.75, 3.05) is 6.54 Å². The summed E-state index contributed by atoms with van der Waals surface area (Å²) in [7, 11) is 0. The summed E-state index contributed by atoms with van der Waals surface area (Å²) < 4.78 is 1.04.